The largest absolute Gasteiger partial charge is 0.383 e. The highest BCUT2D eigenvalue weighted by atomic mass is 32.1. The molecule has 0 saturated heterocycles. The number of aryl methyl sites for hydroxylation is 1. The molecule has 3 rings (SSSR count). The van der Waals surface area contributed by atoms with E-state index in [2.05, 4.69) is 29.0 Å². The van der Waals surface area contributed by atoms with E-state index < -0.39 is 0 Å². The molecule has 0 aliphatic carbocycles. The zero-order chi connectivity index (χ0) is 13.2. The molecule has 1 heterocycles. The number of fused-ring (bicyclic) bond motifs is 1. The van der Waals surface area contributed by atoms with Crippen LogP contribution in [-0.2, 0) is 0 Å². The standard InChI is InChI=1S/C15H13N3S/c1-10-6-5-9-12-13(10)17-15(19-12)18-14(16)11-7-3-2-4-8-11/h2-9H,1H3,(H2,16,17,18). The Morgan fingerprint density at radius 3 is 2.63 bits per heavy atom. The van der Waals surface area contributed by atoms with Crippen LogP contribution < -0.4 is 5.73 Å². The third-order valence-corrected chi connectivity index (χ3v) is 3.81. The molecular formula is C15H13N3S. The van der Waals surface area contributed by atoms with Crippen molar-refractivity contribution in [2.45, 2.75) is 6.92 Å². The summed E-state index contributed by atoms with van der Waals surface area (Å²) >= 11 is 1.56. The number of hydrogen-bond acceptors (Lipinski definition) is 3. The van der Waals surface area contributed by atoms with Crippen LogP contribution >= 0.6 is 11.3 Å². The van der Waals surface area contributed by atoms with Crippen LogP contribution in [0.25, 0.3) is 10.2 Å². The summed E-state index contributed by atoms with van der Waals surface area (Å²) in [7, 11) is 0. The van der Waals surface area contributed by atoms with Crippen molar-refractivity contribution < 1.29 is 0 Å². The summed E-state index contributed by atoms with van der Waals surface area (Å²) in [5.41, 5.74) is 9.09. The third kappa shape index (κ3) is 2.35. The van der Waals surface area contributed by atoms with Gasteiger partial charge in [-0.05, 0) is 18.6 Å². The number of aromatic nitrogens is 1. The van der Waals surface area contributed by atoms with Gasteiger partial charge in [-0.1, -0.05) is 53.8 Å². The van der Waals surface area contributed by atoms with E-state index in [9.17, 15) is 0 Å². The van der Waals surface area contributed by atoms with Crippen molar-refractivity contribution in [1.29, 1.82) is 0 Å². The first kappa shape index (κ1) is 11.9. The first-order valence-electron chi connectivity index (χ1n) is 6.00. The lowest BCUT2D eigenvalue weighted by Crippen LogP contribution is -2.12. The Kier molecular flexibility index (Phi) is 3.01. The molecule has 0 spiro atoms. The van der Waals surface area contributed by atoms with Crippen molar-refractivity contribution in [3.63, 3.8) is 0 Å². The van der Waals surface area contributed by atoms with Crippen LogP contribution in [0.5, 0.6) is 0 Å². The normalized spacial score (nSPS) is 11.9. The summed E-state index contributed by atoms with van der Waals surface area (Å²) in [4.78, 5) is 8.94. The first-order valence-corrected chi connectivity index (χ1v) is 6.81. The van der Waals surface area contributed by atoms with Gasteiger partial charge >= 0.3 is 0 Å². The molecule has 0 aliphatic heterocycles. The monoisotopic (exact) mass is 267 g/mol. The summed E-state index contributed by atoms with van der Waals surface area (Å²) in [6, 6.07) is 15.9. The van der Waals surface area contributed by atoms with Crippen LogP contribution in [-0.4, -0.2) is 10.8 Å². The lowest BCUT2D eigenvalue weighted by Gasteiger charge is -1.97. The van der Waals surface area contributed by atoms with E-state index in [4.69, 9.17) is 5.73 Å². The molecule has 2 aromatic carbocycles. The number of benzene rings is 2. The topological polar surface area (TPSA) is 51.3 Å². The van der Waals surface area contributed by atoms with Crippen molar-refractivity contribution in [2.75, 3.05) is 0 Å². The average molecular weight is 267 g/mol. The summed E-state index contributed by atoms with van der Waals surface area (Å²) in [6.07, 6.45) is 0. The Morgan fingerprint density at radius 1 is 1.11 bits per heavy atom. The maximum absolute atomic E-state index is 6.00. The minimum atomic E-state index is 0.498. The Morgan fingerprint density at radius 2 is 1.89 bits per heavy atom. The second-order valence-electron chi connectivity index (χ2n) is 4.28. The molecule has 0 amide bonds. The minimum Gasteiger partial charge on any atom is -0.383 e. The SMILES string of the molecule is Cc1cccc2sc(/N=C(\N)c3ccccc3)nc12. The predicted molar refractivity (Wildman–Crippen MR) is 81.2 cm³/mol. The van der Waals surface area contributed by atoms with E-state index in [1.165, 1.54) is 0 Å². The number of thiazole rings is 1. The van der Waals surface area contributed by atoms with Crippen LogP contribution in [0.1, 0.15) is 11.1 Å². The molecule has 0 fully saturated rings. The molecule has 0 bridgehead atoms. The van der Waals surface area contributed by atoms with Crippen molar-refractivity contribution in [3.05, 3.63) is 59.7 Å². The number of aliphatic imine (C=N–C) groups is 1. The first-order chi connectivity index (χ1) is 9.24. The molecule has 2 N–H and O–H groups in total. The highest BCUT2D eigenvalue weighted by Crippen LogP contribution is 2.29. The molecule has 94 valence electrons. The van der Waals surface area contributed by atoms with Gasteiger partial charge in [0.15, 0.2) is 0 Å². The zero-order valence-corrected chi connectivity index (χ0v) is 11.3. The lowest BCUT2D eigenvalue weighted by atomic mass is 10.2. The van der Waals surface area contributed by atoms with E-state index in [0.29, 0.717) is 11.0 Å². The maximum Gasteiger partial charge on any atom is 0.212 e. The number of nitrogens with two attached hydrogens (primary N) is 1. The van der Waals surface area contributed by atoms with Crippen LogP contribution in [0.15, 0.2) is 53.5 Å². The van der Waals surface area contributed by atoms with E-state index in [1.54, 1.807) is 11.3 Å². The fraction of sp³-hybridized carbons (Fsp3) is 0.0667. The molecule has 0 aliphatic rings. The summed E-state index contributed by atoms with van der Waals surface area (Å²) < 4.78 is 1.14. The van der Waals surface area contributed by atoms with Gasteiger partial charge in [0, 0.05) is 5.56 Å². The highest BCUT2D eigenvalue weighted by molar-refractivity contribution is 7.22. The molecule has 3 nitrogen and oxygen atoms in total. The predicted octanol–water partition coefficient (Wildman–Crippen LogP) is 3.64. The summed E-state index contributed by atoms with van der Waals surface area (Å²) in [5, 5.41) is 0.700. The fourth-order valence-corrected chi connectivity index (χ4v) is 2.83. The second kappa shape index (κ2) is 4.82. The van der Waals surface area contributed by atoms with Crippen molar-refractivity contribution in [2.24, 2.45) is 10.7 Å². The molecule has 4 heteroatoms. The molecule has 1 aromatic heterocycles. The van der Waals surface area contributed by atoms with Crippen molar-refractivity contribution in [3.8, 4) is 0 Å². The van der Waals surface area contributed by atoms with Gasteiger partial charge in [0.25, 0.3) is 0 Å². The van der Waals surface area contributed by atoms with E-state index in [0.717, 1.165) is 21.3 Å². The Hall–Kier alpha value is -2.20. The zero-order valence-electron chi connectivity index (χ0n) is 10.5. The highest BCUT2D eigenvalue weighted by Gasteiger charge is 2.06. The van der Waals surface area contributed by atoms with Gasteiger partial charge in [-0.2, -0.15) is 0 Å². The summed E-state index contributed by atoms with van der Waals surface area (Å²) in [6.45, 7) is 2.05. The van der Waals surface area contributed by atoms with Gasteiger partial charge in [-0.15, -0.1) is 0 Å². The average Bonchev–Trinajstić information content (AvgIpc) is 2.84. The summed E-state index contributed by atoms with van der Waals surface area (Å²) in [5.74, 6) is 0.498. The number of amidine groups is 1. The van der Waals surface area contributed by atoms with Gasteiger partial charge in [-0.25, -0.2) is 9.98 Å². The fourth-order valence-electron chi connectivity index (χ4n) is 1.90. The minimum absolute atomic E-state index is 0.498. The quantitative estimate of drug-likeness (QED) is 0.569. The molecule has 0 unspecified atom stereocenters. The molecule has 19 heavy (non-hydrogen) atoms. The number of para-hydroxylation sites is 1. The molecule has 0 radical (unpaired) electrons. The van der Waals surface area contributed by atoms with Gasteiger partial charge in [0.2, 0.25) is 5.13 Å². The number of hydrogen-bond donors (Lipinski definition) is 1. The molecule has 0 atom stereocenters. The Bertz CT molecular complexity index is 744. The van der Waals surface area contributed by atoms with Crippen LogP contribution in [0.4, 0.5) is 5.13 Å². The Labute approximate surface area is 115 Å². The van der Waals surface area contributed by atoms with E-state index in [1.807, 2.05) is 36.4 Å². The van der Waals surface area contributed by atoms with E-state index >= 15 is 0 Å². The van der Waals surface area contributed by atoms with Crippen molar-refractivity contribution in [1.82, 2.24) is 4.98 Å². The third-order valence-electron chi connectivity index (χ3n) is 2.90. The van der Waals surface area contributed by atoms with Gasteiger partial charge < -0.3 is 5.73 Å². The smallest absolute Gasteiger partial charge is 0.212 e. The molecule has 0 saturated carbocycles. The Balaban J connectivity index is 2.04. The van der Waals surface area contributed by atoms with Crippen LogP contribution in [0, 0.1) is 6.92 Å². The van der Waals surface area contributed by atoms with Crippen LogP contribution in [0.2, 0.25) is 0 Å². The van der Waals surface area contributed by atoms with Gasteiger partial charge in [-0.3, -0.25) is 0 Å². The maximum atomic E-state index is 6.00. The van der Waals surface area contributed by atoms with Crippen LogP contribution in [0.3, 0.4) is 0 Å². The van der Waals surface area contributed by atoms with E-state index in [-0.39, 0.29) is 0 Å². The lowest BCUT2D eigenvalue weighted by molar-refractivity contribution is 1.36. The van der Waals surface area contributed by atoms with Crippen molar-refractivity contribution >= 4 is 32.5 Å². The number of nitrogens with zero attached hydrogens (tertiary/aromatic N) is 2. The van der Waals surface area contributed by atoms with Gasteiger partial charge in [0.1, 0.15) is 5.84 Å². The number of rotatable bonds is 2. The molecule has 3 aromatic rings. The second-order valence-corrected chi connectivity index (χ2v) is 5.29. The van der Waals surface area contributed by atoms with Gasteiger partial charge in [0.05, 0.1) is 10.2 Å². The molecular weight excluding hydrogens is 254 g/mol.